The summed E-state index contributed by atoms with van der Waals surface area (Å²) in [6.07, 6.45) is 1.02. The minimum atomic E-state index is 0.0583. The topological polar surface area (TPSA) is 57.3 Å². The van der Waals surface area contributed by atoms with Crippen LogP contribution in [0.5, 0.6) is 5.75 Å². The minimum absolute atomic E-state index is 0.0583. The Morgan fingerprint density at radius 1 is 0.788 bits per heavy atom. The van der Waals surface area contributed by atoms with Crippen molar-refractivity contribution in [3.8, 4) is 5.75 Å². The van der Waals surface area contributed by atoms with Gasteiger partial charge in [-0.25, -0.2) is 0 Å². The average Bonchev–Trinajstić information content (AvgIpc) is 3.30. The molecule has 7 nitrogen and oxygen atoms in total. The summed E-state index contributed by atoms with van der Waals surface area (Å²) in [6.45, 7) is 10.5. The van der Waals surface area contributed by atoms with E-state index in [1.165, 1.54) is 16.7 Å². The van der Waals surface area contributed by atoms with Crippen LogP contribution in [0.25, 0.3) is 0 Å². The van der Waals surface area contributed by atoms with Crippen LogP contribution in [0.15, 0.2) is 42.5 Å². The number of amides is 1. The van der Waals surface area contributed by atoms with Crippen molar-refractivity contribution in [1.29, 1.82) is 0 Å². The van der Waals surface area contributed by atoms with Crippen molar-refractivity contribution >= 4 is 11.6 Å². The van der Waals surface area contributed by atoms with Gasteiger partial charge >= 0.3 is 0 Å². The molecule has 7 heteroatoms. The third kappa shape index (κ3) is 6.12. The normalized spacial score (nSPS) is 19.8. The summed E-state index contributed by atoms with van der Waals surface area (Å²) >= 11 is 0. The maximum absolute atomic E-state index is 12.6. The van der Waals surface area contributed by atoms with E-state index in [4.69, 9.17) is 9.47 Å². The van der Waals surface area contributed by atoms with Gasteiger partial charge in [-0.3, -0.25) is 19.5 Å². The summed E-state index contributed by atoms with van der Waals surface area (Å²) in [4.78, 5) is 19.7. The fraction of sp³-hybridized carbons (Fsp3) is 0.500. The molecule has 2 aromatic rings. The van der Waals surface area contributed by atoms with Gasteiger partial charge in [-0.15, -0.1) is 0 Å². The predicted molar refractivity (Wildman–Crippen MR) is 129 cm³/mol. The van der Waals surface area contributed by atoms with E-state index in [9.17, 15) is 4.79 Å². The molecule has 0 radical (unpaired) electrons. The lowest BCUT2D eigenvalue weighted by Crippen LogP contribution is -2.48. The number of hydrogen-bond donors (Lipinski definition) is 1. The molecule has 0 spiro atoms. The number of morpholine rings is 1. The highest BCUT2D eigenvalue weighted by Crippen LogP contribution is 2.26. The molecule has 0 unspecified atom stereocenters. The third-order valence-corrected chi connectivity index (χ3v) is 6.74. The molecular formula is C26H34N4O3. The van der Waals surface area contributed by atoms with Crippen molar-refractivity contribution < 1.29 is 14.3 Å². The molecule has 1 amide bonds. The van der Waals surface area contributed by atoms with E-state index in [0.29, 0.717) is 6.54 Å². The third-order valence-electron chi connectivity index (χ3n) is 6.74. The van der Waals surface area contributed by atoms with Crippen molar-refractivity contribution in [2.45, 2.75) is 19.5 Å². The standard InChI is InChI=1S/C26H34N4O3/c31-26(27-24-4-1-21(2-5-24)18-30-12-15-32-16-13-30)20-29-10-8-28(9-11-29)19-22-3-6-25-23(17-22)7-14-33-25/h1-6,17H,7-16,18-20H2,(H,27,31). The molecule has 0 atom stereocenters. The second-order valence-corrected chi connectivity index (χ2v) is 9.23. The number of benzene rings is 2. The summed E-state index contributed by atoms with van der Waals surface area (Å²) in [5.41, 5.74) is 4.81. The summed E-state index contributed by atoms with van der Waals surface area (Å²) in [5, 5.41) is 3.06. The molecule has 5 rings (SSSR count). The number of ether oxygens (including phenoxy) is 2. The molecule has 0 aliphatic carbocycles. The maximum Gasteiger partial charge on any atom is 0.238 e. The van der Waals surface area contributed by atoms with Crippen LogP contribution in [-0.2, 0) is 29.0 Å². The summed E-state index contributed by atoms with van der Waals surface area (Å²) < 4.78 is 11.0. The number of nitrogens with zero attached hydrogens (tertiary/aromatic N) is 3. The molecule has 2 fully saturated rings. The Labute approximate surface area is 196 Å². The quantitative estimate of drug-likeness (QED) is 0.698. The van der Waals surface area contributed by atoms with E-state index in [0.717, 1.165) is 90.0 Å². The highest BCUT2D eigenvalue weighted by Gasteiger charge is 2.20. The number of carbonyl (C=O) groups excluding carboxylic acids is 1. The zero-order valence-corrected chi connectivity index (χ0v) is 19.3. The molecule has 33 heavy (non-hydrogen) atoms. The average molecular weight is 451 g/mol. The van der Waals surface area contributed by atoms with E-state index in [1.54, 1.807) is 0 Å². The molecule has 0 saturated carbocycles. The van der Waals surface area contributed by atoms with E-state index in [-0.39, 0.29) is 5.91 Å². The Morgan fingerprint density at radius 2 is 1.45 bits per heavy atom. The van der Waals surface area contributed by atoms with Gasteiger partial charge in [0.25, 0.3) is 0 Å². The fourth-order valence-electron chi connectivity index (χ4n) is 4.82. The number of anilines is 1. The second-order valence-electron chi connectivity index (χ2n) is 9.23. The van der Waals surface area contributed by atoms with Gasteiger partial charge in [-0.1, -0.05) is 24.3 Å². The van der Waals surface area contributed by atoms with Crippen molar-refractivity contribution in [2.75, 3.05) is 71.0 Å². The van der Waals surface area contributed by atoms with Gasteiger partial charge in [0.05, 0.1) is 26.4 Å². The molecule has 3 heterocycles. The number of fused-ring (bicyclic) bond motifs is 1. The Hall–Kier alpha value is -2.45. The summed E-state index contributed by atoms with van der Waals surface area (Å²) in [7, 11) is 0. The van der Waals surface area contributed by atoms with Crippen LogP contribution in [0.4, 0.5) is 5.69 Å². The van der Waals surface area contributed by atoms with Gasteiger partial charge in [0, 0.05) is 64.5 Å². The van der Waals surface area contributed by atoms with Gasteiger partial charge < -0.3 is 14.8 Å². The lowest BCUT2D eigenvalue weighted by Gasteiger charge is -2.34. The first kappa shape index (κ1) is 22.3. The predicted octanol–water partition coefficient (Wildman–Crippen LogP) is 2.21. The van der Waals surface area contributed by atoms with Crippen molar-refractivity contribution in [3.05, 3.63) is 59.2 Å². The summed E-state index contributed by atoms with van der Waals surface area (Å²) in [6, 6.07) is 14.8. The van der Waals surface area contributed by atoms with E-state index in [2.05, 4.69) is 50.3 Å². The molecule has 3 aliphatic heterocycles. The van der Waals surface area contributed by atoms with Crippen LogP contribution in [-0.4, -0.2) is 86.2 Å². The van der Waals surface area contributed by atoms with Gasteiger partial charge in [0.1, 0.15) is 5.75 Å². The number of piperazine rings is 1. The molecule has 1 N–H and O–H groups in total. The molecule has 2 saturated heterocycles. The zero-order chi connectivity index (χ0) is 22.5. The smallest absolute Gasteiger partial charge is 0.238 e. The van der Waals surface area contributed by atoms with Crippen LogP contribution < -0.4 is 10.1 Å². The molecular weight excluding hydrogens is 416 g/mol. The van der Waals surface area contributed by atoms with Gasteiger partial charge in [0.15, 0.2) is 0 Å². The SMILES string of the molecule is O=C(CN1CCN(Cc2ccc3c(c2)CCO3)CC1)Nc1ccc(CN2CCOCC2)cc1. The number of carbonyl (C=O) groups is 1. The largest absolute Gasteiger partial charge is 0.493 e. The van der Waals surface area contributed by atoms with E-state index >= 15 is 0 Å². The molecule has 0 bridgehead atoms. The molecule has 176 valence electrons. The van der Waals surface area contributed by atoms with Crippen LogP contribution in [0.3, 0.4) is 0 Å². The first-order chi connectivity index (χ1) is 16.2. The first-order valence-corrected chi connectivity index (χ1v) is 12.1. The minimum Gasteiger partial charge on any atom is -0.493 e. The van der Waals surface area contributed by atoms with Gasteiger partial charge in [-0.2, -0.15) is 0 Å². The van der Waals surface area contributed by atoms with Crippen LogP contribution in [0.2, 0.25) is 0 Å². The summed E-state index contributed by atoms with van der Waals surface area (Å²) in [5.74, 6) is 1.10. The lowest BCUT2D eigenvalue weighted by atomic mass is 10.1. The Kier molecular flexibility index (Phi) is 7.21. The highest BCUT2D eigenvalue weighted by molar-refractivity contribution is 5.92. The molecule has 3 aliphatic rings. The first-order valence-electron chi connectivity index (χ1n) is 12.1. The number of nitrogens with one attached hydrogen (secondary N) is 1. The van der Waals surface area contributed by atoms with Crippen LogP contribution in [0, 0.1) is 0 Å². The number of hydrogen-bond acceptors (Lipinski definition) is 6. The van der Waals surface area contributed by atoms with Crippen LogP contribution >= 0.6 is 0 Å². The lowest BCUT2D eigenvalue weighted by molar-refractivity contribution is -0.117. The second kappa shape index (κ2) is 10.7. The molecule has 2 aromatic carbocycles. The highest BCUT2D eigenvalue weighted by atomic mass is 16.5. The Bertz CT molecular complexity index is 935. The van der Waals surface area contributed by atoms with E-state index < -0.39 is 0 Å². The van der Waals surface area contributed by atoms with Gasteiger partial charge in [0.2, 0.25) is 5.91 Å². The monoisotopic (exact) mass is 450 g/mol. The zero-order valence-electron chi connectivity index (χ0n) is 19.3. The fourth-order valence-corrected chi connectivity index (χ4v) is 4.82. The Morgan fingerprint density at radius 3 is 2.24 bits per heavy atom. The van der Waals surface area contributed by atoms with Crippen LogP contribution in [0.1, 0.15) is 16.7 Å². The maximum atomic E-state index is 12.6. The molecule has 0 aromatic heterocycles. The van der Waals surface area contributed by atoms with E-state index in [1.807, 2.05) is 12.1 Å². The number of rotatable bonds is 7. The van der Waals surface area contributed by atoms with Crippen molar-refractivity contribution in [3.63, 3.8) is 0 Å². The Balaban J connectivity index is 1.03. The van der Waals surface area contributed by atoms with Crippen molar-refractivity contribution in [1.82, 2.24) is 14.7 Å². The van der Waals surface area contributed by atoms with Crippen molar-refractivity contribution in [2.24, 2.45) is 0 Å². The van der Waals surface area contributed by atoms with Gasteiger partial charge in [-0.05, 0) is 34.9 Å².